The molecule has 4 rings (SSSR count). The molecule has 0 amide bonds. The molecule has 2 aromatic rings. The molecule has 1 aliphatic heterocycles. The fourth-order valence-electron chi connectivity index (χ4n) is 3.88. The number of anilines is 1. The molecule has 1 heterocycles. The Kier molecular flexibility index (Phi) is 3.33. The average Bonchev–Trinajstić information content (AvgIpc) is 2.99. The van der Waals surface area contributed by atoms with E-state index in [-0.39, 0.29) is 18.3 Å². The van der Waals surface area contributed by atoms with Gasteiger partial charge in [-0.15, -0.1) is 0 Å². The molecule has 0 saturated carbocycles. The predicted molar refractivity (Wildman–Crippen MR) is 101 cm³/mol. The summed E-state index contributed by atoms with van der Waals surface area (Å²) in [6.07, 6.45) is 2.26. The molecular weight excluding hydrogens is 297 g/mol. The van der Waals surface area contributed by atoms with E-state index in [4.69, 9.17) is 9.31 Å². The van der Waals surface area contributed by atoms with Gasteiger partial charge in [-0.05, 0) is 68.6 Å². The van der Waals surface area contributed by atoms with E-state index in [1.165, 1.54) is 27.6 Å². The number of benzene rings is 2. The van der Waals surface area contributed by atoms with Crippen molar-refractivity contribution in [2.24, 2.45) is 0 Å². The van der Waals surface area contributed by atoms with Gasteiger partial charge in [0.25, 0.3) is 0 Å². The zero-order valence-electron chi connectivity index (χ0n) is 15.6. The van der Waals surface area contributed by atoms with E-state index >= 15 is 0 Å². The number of nitrogens with zero attached hydrogens (tertiary/aromatic N) is 1. The standard InChI is InChI=1S/C20H26BNO2/c1-19(2)20(3,4)24-21(23-19)15-11-9-13-7-8-14-10-12-16(22(5)6)18(15)17(13)14/h9-12H,7-8H2,1-6H3. The van der Waals surface area contributed by atoms with E-state index in [0.717, 1.165) is 18.3 Å². The van der Waals surface area contributed by atoms with Crippen LogP contribution in [0.4, 0.5) is 5.69 Å². The molecule has 3 nitrogen and oxygen atoms in total. The van der Waals surface area contributed by atoms with Gasteiger partial charge in [0.15, 0.2) is 0 Å². The summed E-state index contributed by atoms with van der Waals surface area (Å²) < 4.78 is 12.7. The molecule has 0 radical (unpaired) electrons. The molecule has 126 valence electrons. The van der Waals surface area contributed by atoms with Gasteiger partial charge in [0.2, 0.25) is 0 Å². The van der Waals surface area contributed by atoms with Crippen LogP contribution in [0, 0.1) is 0 Å². The van der Waals surface area contributed by atoms with Crippen LogP contribution >= 0.6 is 0 Å². The highest BCUT2D eigenvalue weighted by Gasteiger charge is 2.52. The zero-order valence-corrected chi connectivity index (χ0v) is 15.6. The molecule has 0 spiro atoms. The van der Waals surface area contributed by atoms with Crippen molar-refractivity contribution in [1.82, 2.24) is 0 Å². The monoisotopic (exact) mass is 323 g/mol. The van der Waals surface area contributed by atoms with Gasteiger partial charge in [-0.25, -0.2) is 0 Å². The summed E-state index contributed by atoms with van der Waals surface area (Å²) in [4.78, 5) is 2.19. The minimum absolute atomic E-state index is 0.321. The quantitative estimate of drug-likeness (QED) is 0.792. The van der Waals surface area contributed by atoms with Crippen molar-refractivity contribution in [2.45, 2.75) is 51.7 Å². The molecule has 4 heteroatoms. The van der Waals surface area contributed by atoms with Gasteiger partial charge in [-0.2, -0.15) is 0 Å². The summed E-state index contributed by atoms with van der Waals surface area (Å²) in [5.41, 5.74) is 4.65. The Labute approximate surface area is 145 Å². The molecule has 0 aromatic heterocycles. The fourth-order valence-corrected chi connectivity index (χ4v) is 3.88. The van der Waals surface area contributed by atoms with Crippen molar-refractivity contribution in [3.8, 4) is 0 Å². The van der Waals surface area contributed by atoms with Crippen LogP contribution in [0.5, 0.6) is 0 Å². The van der Waals surface area contributed by atoms with Gasteiger partial charge in [0, 0.05) is 25.2 Å². The maximum atomic E-state index is 6.35. The molecule has 0 atom stereocenters. The van der Waals surface area contributed by atoms with Gasteiger partial charge >= 0.3 is 7.12 Å². The van der Waals surface area contributed by atoms with Gasteiger partial charge in [0.05, 0.1) is 11.2 Å². The summed E-state index contributed by atoms with van der Waals surface area (Å²) >= 11 is 0. The third-order valence-corrected chi connectivity index (χ3v) is 6.00. The first-order valence-corrected chi connectivity index (χ1v) is 8.81. The van der Waals surface area contributed by atoms with E-state index in [2.05, 4.69) is 71.0 Å². The lowest BCUT2D eigenvalue weighted by atomic mass is 9.75. The molecule has 2 aromatic carbocycles. The second-order valence-corrected chi connectivity index (χ2v) is 8.29. The number of rotatable bonds is 2. The van der Waals surface area contributed by atoms with Crippen molar-refractivity contribution in [1.29, 1.82) is 0 Å². The van der Waals surface area contributed by atoms with Crippen LogP contribution in [0.25, 0.3) is 10.8 Å². The van der Waals surface area contributed by atoms with E-state index in [0.29, 0.717) is 0 Å². The van der Waals surface area contributed by atoms with Gasteiger partial charge in [0.1, 0.15) is 0 Å². The summed E-state index contributed by atoms with van der Waals surface area (Å²) in [6.45, 7) is 8.44. The van der Waals surface area contributed by atoms with Gasteiger partial charge in [-0.1, -0.05) is 18.2 Å². The maximum absolute atomic E-state index is 6.35. The van der Waals surface area contributed by atoms with Gasteiger partial charge < -0.3 is 14.2 Å². The Morgan fingerprint density at radius 2 is 1.38 bits per heavy atom. The molecule has 0 N–H and O–H groups in total. The maximum Gasteiger partial charge on any atom is 0.495 e. The Morgan fingerprint density at radius 1 is 0.833 bits per heavy atom. The smallest absolute Gasteiger partial charge is 0.399 e. The van der Waals surface area contributed by atoms with E-state index in [9.17, 15) is 0 Å². The number of aryl methyl sites for hydroxylation is 2. The average molecular weight is 323 g/mol. The summed E-state index contributed by atoms with van der Waals surface area (Å²) in [5.74, 6) is 0. The van der Waals surface area contributed by atoms with Crippen LogP contribution in [0.15, 0.2) is 24.3 Å². The first-order chi connectivity index (χ1) is 11.2. The van der Waals surface area contributed by atoms with Crippen LogP contribution in [-0.2, 0) is 22.2 Å². The molecular formula is C20H26BNO2. The highest BCUT2D eigenvalue weighted by Crippen LogP contribution is 2.40. The second-order valence-electron chi connectivity index (χ2n) is 8.29. The molecule has 0 bridgehead atoms. The highest BCUT2D eigenvalue weighted by molar-refractivity contribution is 6.65. The first kappa shape index (κ1) is 16.0. The van der Waals surface area contributed by atoms with E-state index in [1.54, 1.807) is 0 Å². The van der Waals surface area contributed by atoms with E-state index < -0.39 is 0 Å². The van der Waals surface area contributed by atoms with E-state index in [1.807, 2.05) is 0 Å². The van der Waals surface area contributed by atoms with Crippen molar-refractivity contribution in [2.75, 3.05) is 19.0 Å². The molecule has 1 fully saturated rings. The van der Waals surface area contributed by atoms with Gasteiger partial charge in [-0.3, -0.25) is 0 Å². The normalized spacial score (nSPS) is 20.8. The fraction of sp³-hybridized carbons (Fsp3) is 0.500. The minimum atomic E-state index is -0.321. The third kappa shape index (κ3) is 2.13. The summed E-state index contributed by atoms with van der Waals surface area (Å²) in [6, 6.07) is 8.99. The lowest BCUT2D eigenvalue weighted by molar-refractivity contribution is 0.00578. The van der Waals surface area contributed by atoms with Crippen LogP contribution in [0.2, 0.25) is 0 Å². The third-order valence-electron chi connectivity index (χ3n) is 6.00. The molecule has 24 heavy (non-hydrogen) atoms. The van der Waals surface area contributed by atoms with Crippen molar-refractivity contribution >= 4 is 29.0 Å². The summed E-state index contributed by atoms with van der Waals surface area (Å²) in [5, 5.41) is 2.71. The van der Waals surface area contributed by atoms with Crippen LogP contribution < -0.4 is 10.4 Å². The zero-order chi connectivity index (χ0) is 17.3. The number of hydrogen-bond acceptors (Lipinski definition) is 3. The topological polar surface area (TPSA) is 21.7 Å². The lowest BCUT2D eigenvalue weighted by Gasteiger charge is -2.32. The van der Waals surface area contributed by atoms with Crippen molar-refractivity contribution in [3.63, 3.8) is 0 Å². The van der Waals surface area contributed by atoms with Crippen LogP contribution in [-0.4, -0.2) is 32.4 Å². The first-order valence-electron chi connectivity index (χ1n) is 8.81. The van der Waals surface area contributed by atoms with Crippen molar-refractivity contribution in [3.05, 3.63) is 35.4 Å². The van der Waals surface area contributed by atoms with Crippen LogP contribution in [0.3, 0.4) is 0 Å². The Balaban J connectivity index is 1.95. The molecule has 0 unspecified atom stereocenters. The lowest BCUT2D eigenvalue weighted by Crippen LogP contribution is -2.41. The van der Waals surface area contributed by atoms with Crippen LogP contribution in [0.1, 0.15) is 38.8 Å². The Hall–Kier alpha value is -1.52. The SMILES string of the molecule is CN(C)c1ccc2c3c(ccc(B4OC(C)(C)C(C)(C)O4)c13)CC2. The number of hydrogen-bond donors (Lipinski definition) is 0. The molecule has 2 aliphatic rings. The second kappa shape index (κ2) is 4.99. The van der Waals surface area contributed by atoms with Crippen molar-refractivity contribution < 1.29 is 9.31 Å². The molecule has 1 aliphatic carbocycles. The predicted octanol–water partition coefficient (Wildman–Crippen LogP) is 3.30. The summed E-state index contributed by atoms with van der Waals surface area (Å²) in [7, 11) is 3.89. The Morgan fingerprint density at radius 3 is 1.92 bits per heavy atom. The highest BCUT2D eigenvalue weighted by atomic mass is 16.7. The largest absolute Gasteiger partial charge is 0.495 e. The Bertz CT molecular complexity index is 800. The minimum Gasteiger partial charge on any atom is -0.399 e. The molecule has 1 saturated heterocycles.